The second-order valence-corrected chi connectivity index (χ2v) is 10.7. The maximum Gasteiger partial charge on any atom is 0.264 e. The summed E-state index contributed by atoms with van der Waals surface area (Å²) in [4.78, 5) is 13.2. The second-order valence-electron chi connectivity index (χ2n) is 8.06. The van der Waals surface area contributed by atoms with Gasteiger partial charge in [0.2, 0.25) is 5.91 Å². The van der Waals surface area contributed by atoms with E-state index in [-0.39, 0.29) is 26.7 Å². The highest BCUT2D eigenvalue weighted by atomic mass is 35.5. The lowest BCUT2D eigenvalue weighted by Gasteiger charge is -2.27. The van der Waals surface area contributed by atoms with Crippen molar-refractivity contribution in [2.75, 3.05) is 10.8 Å². The highest BCUT2D eigenvalue weighted by molar-refractivity contribution is 7.92. The molecule has 8 heteroatoms. The number of benzene rings is 3. The normalized spacial score (nSPS) is 12.4. The molecule has 0 aliphatic heterocycles. The van der Waals surface area contributed by atoms with Crippen LogP contribution in [0.5, 0.6) is 0 Å². The number of carbonyl (C=O) groups excluding carboxylic acids is 1. The molecule has 0 saturated carbocycles. The lowest BCUT2D eigenvalue weighted by molar-refractivity contribution is -0.120. The predicted molar refractivity (Wildman–Crippen MR) is 134 cm³/mol. The van der Waals surface area contributed by atoms with Gasteiger partial charge in [0.05, 0.1) is 26.7 Å². The molecule has 0 fully saturated rings. The van der Waals surface area contributed by atoms with Crippen LogP contribution in [0.1, 0.15) is 31.9 Å². The largest absolute Gasteiger partial charge is 0.348 e. The Kier molecular flexibility index (Phi) is 8.40. The average molecular weight is 505 g/mol. The minimum absolute atomic E-state index is 0.0515. The van der Waals surface area contributed by atoms with Crippen molar-refractivity contribution in [2.24, 2.45) is 5.92 Å². The number of nitrogens with zero attached hydrogens (tertiary/aromatic N) is 1. The van der Waals surface area contributed by atoms with Gasteiger partial charge >= 0.3 is 0 Å². The molecule has 0 aromatic heterocycles. The molecule has 174 valence electrons. The fourth-order valence-electron chi connectivity index (χ4n) is 3.51. The Bertz CT molecular complexity index is 1190. The number of sulfonamides is 1. The van der Waals surface area contributed by atoms with Gasteiger partial charge < -0.3 is 5.32 Å². The second kappa shape index (κ2) is 11.1. The summed E-state index contributed by atoms with van der Waals surface area (Å²) in [6, 6.07) is 22.0. The quantitative estimate of drug-likeness (QED) is 0.383. The molecule has 0 saturated heterocycles. The van der Waals surface area contributed by atoms with Crippen LogP contribution in [-0.4, -0.2) is 20.9 Å². The molecule has 0 spiro atoms. The van der Waals surface area contributed by atoms with Gasteiger partial charge in [-0.15, -0.1) is 0 Å². The minimum Gasteiger partial charge on any atom is -0.348 e. The van der Waals surface area contributed by atoms with Crippen molar-refractivity contribution >= 4 is 44.8 Å². The molecule has 1 atom stereocenters. The number of halogens is 2. The van der Waals surface area contributed by atoms with E-state index in [0.29, 0.717) is 12.3 Å². The van der Waals surface area contributed by atoms with Crippen LogP contribution in [0.15, 0.2) is 83.8 Å². The summed E-state index contributed by atoms with van der Waals surface area (Å²) in [5.74, 6) is -0.123. The van der Waals surface area contributed by atoms with Gasteiger partial charge in [-0.25, -0.2) is 8.42 Å². The maximum atomic E-state index is 13.5. The number of hydrogen-bond acceptors (Lipinski definition) is 3. The monoisotopic (exact) mass is 504 g/mol. The molecule has 3 aromatic carbocycles. The van der Waals surface area contributed by atoms with Gasteiger partial charge in [-0.3, -0.25) is 9.10 Å². The van der Waals surface area contributed by atoms with Gasteiger partial charge in [-0.1, -0.05) is 91.6 Å². The molecule has 0 unspecified atom stereocenters. The Morgan fingerprint density at radius 2 is 1.52 bits per heavy atom. The first-order valence-corrected chi connectivity index (χ1v) is 12.8. The summed E-state index contributed by atoms with van der Waals surface area (Å²) in [5.41, 5.74) is 1.10. The van der Waals surface area contributed by atoms with Crippen molar-refractivity contribution in [3.63, 3.8) is 0 Å². The van der Waals surface area contributed by atoms with Crippen molar-refractivity contribution in [3.05, 3.63) is 94.5 Å². The topological polar surface area (TPSA) is 66.5 Å². The molecule has 3 rings (SSSR count). The summed E-state index contributed by atoms with van der Waals surface area (Å²) < 4.78 is 28.0. The van der Waals surface area contributed by atoms with Gasteiger partial charge in [0.25, 0.3) is 10.0 Å². The predicted octanol–water partition coefficient (Wildman–Crippen LogP) is 6.09. The molecule has 0 heterocycles. The van der Waals surface area contributed by atoms with Crippen molar-refractivity contribution in [2.45, 2.75) is 31.2 Å². The van der Waals surface area contributed by atoms with E-state index in [0.717, 1.165) is 9.87 Å². The third-order valence-corrected chi connectivity index (χ3v) is 7.65. The molecule has 0 bridgehead atoms. The number of carbonyl (C=O) groups is 1. The summed E-state index contributed by atoms with van der Waals surface area (Å²) in [5, 5.41) is 3.26. The Morgan fingerprint density at radius 1 is 0.909 bits per heavy atom. The van der Waals surface area contributed by atoms with Crippen molar-refractivity contribution < 1.29 is 13.2 Å². The van der Waals surface area contributed by atoms with Gasteiger partial charge in [0, 0.05) is 0 Å². The third kappa shape index (κ3) is 6.28. The molecule has 1 amide bonds. The molecule has 0 aliphatic rings. The van der Waals surface area contributed by atoms with E-state index in [1.807, 2.05) is 30.3 Å². The van der Waals surface area contributed by atoms with Crippen molar-refractivity contribution in [1.82, 2.24) is 5.32 Å². The van der Waals surface area contributed by atoms with E-state index in [4.69, 9.17) is 23.2 Å². The lowest BCUT2D eigenvalue weighted by atomic mass is 9.97. The smallest absolute Gasteiger partial charge is 0.264 e. The molecule has 5 nitrogen and oxygen atoms in total. The summed E-state index contributed by atoms with van der Waals surface area (Å²) in [6.07, 6.45) is 0.707. The van der Waals surface area contributed by atoms with Gasteiger partial charge in [0.15, 0.2) is 0 Å². The first-order chi connectivity index (χ1) is 15.7. The fourth-order valence-corrected chi connectivity index (χ4v) is 5.41. The van der Waals surface area contributed by atoms with Crippen LogP contribution in [0, 0.1) is 5.92 Å². The number of rotatable bonds is 9. The fraction of sp³-hybridized carbons (Fsp3) is 0.240. The standard InChI is InChI=1S/C25H26Cl2N2O3S/c1-18(2)16-22(19-10-5-3-6-11-19)28-24(30)17-29(23-15-9-14-21(26)25(23)27)33(31,32)20-12-7-4-8-13-20/h3-15,18,22H,16-17H2,1-2H3,(H,28,30)/t22-/m0/s1. The maximum absolute atomic E-state index is 13.5. The number of amides is 1. The first-order valence-electron chi connectivity index (χ1n) is 10.6. The van der Waals surface area contributed by atoms with E-state index < -0.39 is 22.5 Å². The zero-order valence-electron chi connectivity index (χ0n) is 18.4. The molecule has 1 N–H and O–H groups in total. The van der Waals surface area contributed by atoms with Gasteiger partial charge in [0.1, 0.15) is 6.54 Å². The Balaban J connectivity index is 1.96. The lowest BCUT2D eigenvalue weighted by Crippen LogP contribution is -2.42. The van der Waals surface area contributed by atoms with Crippen LogP contribution in [0.25, 0.3) is 0 Å². The highest BCUT2D eigenvalue weighted by Gasteiger charge is 2.30. The number of hydrogen-bond donors (Lipinski definition) is 1. The van der Waals surface area contributed by atoms with E-state index in [1.54, 1.807) is 30.3 Å². The average Bonchev–Trinajstić information content (AvgIpc) is 2.80. The zero-order chi connectivity index (χ0) is 24.0. The Morgan fingerprint density at radius 3 is 2.12 bits per heavy atom. The van der Waals surface area contributed by atoms with Gasteiger partial charge in [-0.2, -0.15) is 0 Å². The van der Waals surface area contributed by atoms with Crippen LogP contribution >= 0.6 is 23.2 Å². The summed E-state index contributed by atoms with van der Waals surface area (Å²) in [7, 11) is -4.08. The molecular formula is C25H26Cl2N2O3S. The third-order valence-electron chi connectivity index (χ3n) is 5.06. The van der Waals surface area contributed by atoms with E-state index >= 15 is 0 Å². The van der Waals surface area contributed by atoms with E-state index in [1.165, 1.54) is 18.2 Å². The number of anilines is 1. The zero-order valence-corrected chi connectivity index (χ0v) is 20.7. The molecular weight excluding hydrogens is 479 g/mol. The van der Waals surface area contributed by atoms with E-state index in [2.05, 4.69) is 19.2 Å². The van der Waals surface area contributed by atoms with Crippen LogP contribution in [-0.2, 0) is 14.8 Å². The molecule has 0 aliphatic carbocycles. The van der Waals surface area contributed by atoms with Crippen LogP contribution < -0.4 is 9.62 Å². The van der Waals surface area contributed by atoms with Crippen LogP contribution in [0.2, 0.25) is 10.0 Å². The first kappa shape index (κ1) is 25.1. The highest BCUT2D eigenvalue weighted by Crippen LogP contribution is 2.35. The van der Waals surface area contributed by atoms with Crippen LogP contribution in [0.3, 0.4) is 0 Å². The van der Waals surface area contributed by atoms with Crippen molar-refractivity contribution in [3.8, 4) is 0 Å². The molecule has 3 aromatic rings. The minimum atomic E-state index is -4.08. The summed E-state index contributed by atoms with van der Waals surface area (Å²) in [6.45, 7) is 3.69. The van der Waals surface area contributed by atoms with E-state index in [9.17, 15) is 13.2 Å². The summed E-state index contributed by atoms with van der Waals surface area (Å²) >= 11 is 12.5. The molecule has 33 heavy (non-hydrogen) atoms. The molecule has 0 radical (unpaired) electrons. The Hall–Kier alpha value is -2.54. The number of nitrogens with one attached hydrogen (secondary N) is 1. The van der Waals surface area contributed by atoms with Crippen molar-refractivity contribution in [1.29, 1.82) is 0 Å². The Labute approximate surface area is 205 Å². The van der Waals surface area contributed by atoms with Gasteiger partial charge in [-0.05, 0) is 42.2 Å². The van der Waals surface area contributed by atoms with Crippen LogP contribution in [0.4, 0.5) is 5.69 Å². The SMILES string of the molecule is CC(C)C[C@H](NC(=O)CN(c1cccc(Cl)c1Cl)S(=O)(=O)c1ccccc1)c1ccccc1.